The minimum Gasteiger partial charge on any atom is -0.482 e. The van der Waals surface area contributed by atoms with Crippen LogP contribution in [0, 0.1) is 0 Å². The number of rotatable bonds is 10. The van der Waals surface area contributed by atoms with Crippen LogP contribution < -0.4 is 4.74 Å². The molecule has 0 N–H and O–H groups in total. The van der Waals surface area contributed by atoms with Gasteiger partial charge in [-0.05, 0) is 11.5 Å². The van der Waals surface area contributed by atoms with Gasteiger partial charge in [0.15, 0.2) is 11.7 Å². The Morgan fingerprint density at radius 1 is 0.861 bits per heavy atom. The van der Waals surface area contributed by atoms with Gasteiger partial charge in [-0.3, -0.25) is 18.0 Å². The van der Waals surface area contributed by atoms with Crippen LogP contribution in [0.3, 0.4) is 0 Å². The van der Waals surface area contributed by atoms with Gasteiger partial charge in [-0.1, -0.05) is 36.4 Å². The predicted molar refractivity (Wildman–Crippen MR) is 125 cm³/mol. The van der Waals surface area contributed by atoms with Crippen molar-refractivity contribution in [1.29, 1.82) is 0 Å². The molecule has 0 amide bonds. The lowest BCUT2D eigenvalue weighted by molar-refractivity contribution is -0.211. The van der Waals surface area contributed by atoms with Gasteiger partial charge in [-0.2, -0.15) is 16.8 Å². The number of carbonyl (C=O) groups excluding carboxylic acids is 2. The number of esters is 2. The highest BCUT2D eigenvalue weighted by Gasteiger charge is 2.61. The summed E-state index contributed by atoms with van der Waals surface area (Å²) in [5, 5.41) is 1.43. The summed E-state index contributed by atoms with van der Waals surface area (Å²) in [6.07, 6.45) is -2.93. The number of benzene rings is 2. The Kier molecular flexibility index (Phi) is 8.25. The third kappa shape index (κ3) is 7.13. The zero-order valence-corrected chi connectivity index (χ0v) is 21.5. The lowest BCUT2D eigenvalue weighted by Crippen LogP contribution is -2.54. The molecule has 2 aromatic rings. The van der Waals surface area contributed by atoms with Crippen LogP contribution in [-0.2, 0) is 52.4 Å². The highest BCUT2D eigenvalue weighted by Crippen LogP contribution is 2.40. The minimum atomic E-state index is -4.07. The van der Waals surface area contributed by atoms with Crippen LogP contribution in [0.1, 0.15) is 13.8 Å². The Bertz CT molecular complexity index is 1290. The molecule has 36 heavy (non-hydrogen) atoms. The van der Waals surface area contributed by atoms with E-state index in [0.29, 0.717) is 5.39 Å². The molecule has 14 heteroatoms. The molecule has 0 aliphatic carbocycles. The first kappa shape index (κ1) is 27.8. The molecule has 3 rings (SSSR count). The average molecular weight is 547 g/mol. The van der Waals surface area contributed by atoms with Gasteiger partial charge in [0.25, 0.3) is 20.2 Å². The van der Waals surface area contributed by atoms with Gasteiger partial charge in [0.05, 0.1) is 12.5 Å². The molecule has 0 bridgehead atoms. The number of ether oxygens (including phenoxy) is 4. The molecule has 0 saturated carbocycles. The van der Waals surface area contributed by atoms with E-state index in [9.17, 15) is 26.4 Å². The third-order valence-electron chi connectivity index (χ3n) is 5.06. The molecule has 12 nitrogen and oxygen atoms in total. The quantitative estimate of drug-likeness (QED) is 0.309. The lowest BCUT2D eigenvalue weighted by atomic mass is 9.96. The Balaban J connectivity index is 2.16. The molecule has 1 aliphatic rings. The van der Waals surface area contributed by atoms with E-state index in [4.69, 9.17) is 27.3 Å². The summed E-state index contributed by atoms with van der Waals surface area (Å²) in [4.78, 5) is 23.7. The molecular formula is C22H26O12S2. The highest BCUT2D eigenvalue weighted by atomic mass is 32.2. The van der Waals surface area contributed by atoms with Crippen LogP contribution in [0.2, 0.25) is 0 Å². The van der Waals surface area contributed by atoms with Crippen molar-refractivity contribution in [1.82, 2.24) is 0 Å². The summed E-state index contributed by atoms with van der Waals surface area (Å²) in [5.74, 6) is -1.34. The van der Waals surface area contributed by atoms with Crippen molar-refractivity contribution in [3.8, 4) is 5.75 Å². The summed E-state index contributed by atoms with van der Waals surface area (Å²) in [7, 11) is -8.14. The van der Waals surface area contributed by atoms with Crippen LogP contribution in [0.25, 0.3) is 10.8 Å². The molecule has 1 aliphatic heterocycles. The van der Waals surface area contributed by atoms with Crippen LogP contribution in [0.4, 0.5) is 0 Å². The summed E-state index contributed by atoms with van der Waals surface area (Å²) in [6.45, 7) is 0.549. The number of hydrogen-bond donors (Lipinski definition) is 0. The molecule has 1 saturated heterocycles. The van der Waals surface area contributed by atoms with Gasteiger partial charge in [0.1, 0.15) is 19.0 Å². The van der Waals surface area contributed by atoms with Crippen molar-refractivity contribution in [2.24, 2.45) is 0 Å². The molecule has 1 unspecified atom stereocenters. The zero-order chi connectivity index (χ0) is 26.7. The van der Waals surface area contributed by atoms with E-state index in [1.54, 1.807) is 24.3 Å². The summed E-state index contributed by atoms with van der Waals surface area (Å²) in [5.41, 5.74) is -2.02. The zero-order valence-electron chi connectivity index (χ0n) is 19.9. The largest absolute Gasteiger partial charge is 0.482 e. The molecule has 1 fully saturated rings. The highest BCUT2D eigenvalue weighted by molar-refractivity contribution is 7.86. The second-order valence-electron chi connectivity index (χ2n) is 8.18. The van der Waals surface area contributed by atoms with Crippen LogP contribution >= 0.6 is 0 Å². The summed E-state index contributed by atoms with van der Waals surface area (Å²) in [6, 6.07) is 12.3. The first-order valence-corrected chi connectivity index (χ1v) is 14.2. The van der Waals surface area contributed by atoms with E-state index in [0.717, 1.165) is 31.7 Å². The normalized spacial score (nSPS) is 21.7. The van der Waals surface area contributed by atoms with E-state index in [-0.39, 0.29) is 5.75 Å². The van der Waals surface area contributed by atoms with Crippen LogP contribution in [0.15, 0.2) is 42.5 Å². The van der Waals surface area contributed by atoms with Crippen molar-refractivity contribution in [3.63, 3.8) is 0 Å². The first-order chi connectivity index (χ1) is 16.7. The van der Waals surface area contributed by atoms with Gasteiger partial charge in [-0.15, -0.1) is 0 Å². The molecule has 0 radical (unpaired) electrons. The fourth-order valence-electron chi connectivity index (χ4n) is 3.67. The second kappa shape index (κ2) is 10.7. The fraction of sp³-hybridized carbons (Fsp3) is 0.455. The molecule has 0 spiro atoms. The monoisotopic (exact) mass is 546 g/mol. The molecule has 198 valence electrons. The maximum absolute atomic E-state index is 12.0. The van der Waals surface area contributed by atoms with Crippen molar-refractivity contribution >= 4 is 42.9 Å². The Hall–Kier alpha value is -2.78. The van der Waals surface area contributed by atoms with Gasteiger partial charge < -0.3 is 18.9 Å². The predicted octanol–water partition coefficient (Wildman–Crippen LogP) is 1.13. The Labute approximate surface area is 208 Å². The molecule has 3 atom stereocenters. The van der Waals surface area contributed by atoms with Crippen LogP contribution in [-0.4, -0.2) is 78.6 Å². The van der Waals surface area contributed by atoms with Gasteiger partial charge >= 0.3 is 11.9 Å². The minimum absolute atomic E-state index is 0.269. The molecule has 2 aromatic carbocycles. The van der Waals surface area contributed by atoms with E-state index in [2.05, 4.69) is 0 Å². The smallest absolute Gasteiger partial charge is 0.305 e. The van der Waals surface area contributed by atoms with E-state index < -0.39 is 69.5 Å². The van der Waals surface area contributed by atoms with Gasteiger partial charge in [0.2, 0.25) is 12.4 Å². The summed E-state index contributed by atoms with van der Waals surface area (Å²) >= 11 is 0. The fourth-order valence-corrected chi connectivity index (χ4v) is 4.50. The average Bonchev–Trinajstić information content (AvgIpc) is 3.02. The maximum Gasteiger partial charge on any atom is 0.305 e. The number of carbonyl (C=O) groups is 2. The SMILES string of the molecule is CC(=O)OC1OC(COS(C)(=O)=O)(COS(C)(=O)=O)[C@H](Oc2cccc3ccccc23)[C@H]1OC(C)=O. The molecular weight excluding hydrogens is 520 g/mol. The number of fused-ring (bicyclic) bond motifs is 1. The van der Waals surface area contributed by atoms with Crippen LogP contribution in [0.5, 0.6) is 5.75 Å². The second-order valence-corrected chi connectivity index (χ2v) is 11.5. The number of hydrogen-bond acceptors (Lipinski definition) is 12. The summed E-state index contributed by atoms with van der Waals surface area (Å²) < 4.78 is 79.9. The lowest BCUT2D eigenvalue weighted by Gasteiger charge is -2.33. The maximum atomic E-state index is 12.0. The molecule has 0 aromatic heterocycles. The topological polar surface area (TPSA) is 158 Å². The van der Waals surface area contributed by atoms with Crippen molar-refractivity contribution < 1.29 is 53.7 Å². The Morgan fingerprint density at radius 3 is 1.97 bits per heavy atom. The van der Waals surface area contributed by atoms with E-state index in [1.165, 1.54) is 0 Å². The van der Waals surface area contributed by atoms with Crippen molar-refractivity contribution in [3.05, 3.63) is 42.5 Å². The molecule has 1 heterocycles. The third-order valence-corrected chi connectivity index (χ3v) is 6.15. The van der Waals surface area contributed by atoms with Crippen molar-refractivity contribution in [2.75, 3.05) is 25.7 Å². The first-order valence-electron chi connectivity index (χ1n) is 10.5. The van der Waals surface area contributed by atoms with Gasteiger partial charge in [-0.25, -0.2) is 0 Å². The van der Waals surface area contributed by atoms with E-state index >= 15 is 0 Å². The van der Waals surface area contributed by atoms with Crippen molar-refractivity contribution in [2.45, 2.75) is 37.9 Å². The standard InChI is InChI=1S/C22H26O12S2/c1-14(23)31-19-20(33-18-11-7-9-16-8-5-6-10-17(16)18)22(12-29-35(3,25)26,13-30-36(4,27)28)34-21(19)32-15(2)24/h5-11,19-21H,12-13H2,1-4H3/t19-,20-,21?/m1/s1. The van der Waals surface area contributed by atoms with Gasteiger partial charge in [0, 0.05) is 19.2 Å². The van der Waals surface area contributed by atoms with E-state index in [1.807, 2.05) is 18.2 Å². The Morgan fingerprint density at radius 2 is 1.42 bits per heavy atom.